The van der Waals surface area contributed by atoms with Crippen LogP contribution < -0.4 is 0 Å². The monoisotopic (exact) mass is 311 g/mol. The van der Waals surface area contributed by atoms with Crippen LogP contribution in [-0.2, 0) is 0 Å². The summed E-state index contributed by atoms with van der Waals surface area (Å²) in [6, 6.07) is 8.08. The molecule has 0 saturated carbocycles. The lowest BCUT2D eigenvalue weighted by molar-refractivity contribution is 0.0173. The van der Waals surface area contributed by atoms with Gasteiger partial charge in [-0.3, -0.25) is 4.79 Å². The molecule has 0 fully saturated rings. The Balaban J connectivity index is 2.76. The van der Waals surface area contributed by atoms with Crippen molar-refractivity contribution in [2.24, 2.45) is 0 Å². The molecule has 0 aliphatic carbocycles. The van der Waals surface area contributed by atoms with Crippen molar-refractivity contribution >= 4 is 21.7 Å². The fourth-order valence-corrected chi connectivity index (χ4v) is 2.00. The second-order valence-corrected chi connectivity index (χ2v) is 4.66. The molecule has 0 aliphatic rings. The number of rotatable bonds is 6. The molecule has 0 saturated heterocycles. The van der Waals surface area contributed by atoms with Crippen molar-refractivity contribution in [3.63, 3.8) is 0 Å². The van der Waals surface area contributed by atoms with Gasteiger partial charge in [0.2, 0.25) is 0 Å². The Bertz CT molecular complexity index is 439. The van der Waals surface area contributed by atoms with Crippen molar-refractivity contribution in [3.8, 4) is 6.07 Å². The zero-order chi connectivity index (χ0) is 13.5. The molecule has 1 aromatic carbocycles. The third kappa shape index (κ3) is 3.91. The molecule has 0 amide bonds. The van der Waals surface area contributed by atoms with E-state index < -0.39 is 12.2 Å². The Hall–Kier alpha value is -1.22. The van der Waals surface area contributed by atoms with Crippen LogP contribution in [0.1, 0.15) is 34.9 Å². The molecule has 1 aromatic rings. The van der Waals surface area contributed by atoms with Gasteiger partial charge in [-0.2, -0.15) is 5.26 Å². The highest BCUT2D eigenvalue weighted by atomic mass is 79.9. The lowest BCUT2D eigenvalue weighted by Gasteiger charge is -2.17. The van der Waals surface area contributed by atoms with Gasteiger partial charge in [0.15, 0.2) is 5.78 Å². The molecule has 2 unspecified atom stereocenters. The lowest BCUT2D eigenvalue weighted by Crippen LogP contribution is -2.18. The molecule has 0 aliphatic heterocycles. The maximum absolute atomic E-state index is 11.4. The molecular formula is C13H14BrNO3. The van der Waals surface area contributed by atoms with Gasteiger partial charge in [0.05, 0.1) is 18.6 Å². The maximum atomic E-state index is 11.4. The summed E-state index contributed by atoms with van der Waals surface area (Å²) in [4.78, 5) is 11.4. The number of alkyl halides is 1. The third-order valence-corrected chi connectivity index (χ3v) is 3.04. The second kappa shape index (κ2) is 7.27. The number of halogens is 1. The van der Waals surface area contributed by atoms with E-state index in [4.69, 9.17) is 5.26 Å². The Morgan fingerprint density at radius 2 is 1.94 bits per heavy atom. The molecular weight excluding hydrogens is 298 g/mol. The molecule has 5 heteroatoms. The van der Waals surface area contributed by atoms with E-state index in [1.807, 2.05) is 0 Å². The Morgan fingerprint density at radius 1 is 1.33 bits per heavy atom. The van der Waals surface area contributed by atoms with E-state index in [-0.39, 0.29) is 12.2 Å². The van der Waals surface area contributed by atoms with Crippen molar-refractivity contribution < 1.29 is 15.0 Å². The topological polar surface area (TPSA) is 81.3 Å². The van der Waals surface area contributed by atoms with E-state index in [1.54, 1.807) is 30.3 Å². The number of carbonyl (C=O) groups excluding carboxylic acids is 1. The zero-order valence-corrected chi connectivity index (χ0v) is 11.3. The summed E-state index contributed by atoms with van der Waals surface area (Å²) >= 11 is 3.19. The summed E-state index contributed by atoms with van der Waals surface area (Å²) in [5, 5.41) is 28.5. The quantitative estimate of drug-likeness (QED) is 0.621. The molecule has 0 spiro atoms. The van der Waals surface area contributed by atoms with Crippen LogP contribution in [0, 0.1) is 11.3 Å². The number of benzene rings is 1. The van der Waals surface area contributed by atoms with Crippen LogP contribution in [0.2, 0.25) is 0 Å². The van der Waals surface area contributed by atoms with Crippen molar-refractivity contribution in [2.75, 3.05) is 5.33 Å². The number of hydrogen-bond acceptors (Lipinski definition) is 4. The number of aliphatic hydroxyl groups is 2. The first-order chi connectivity index (χ1) is 8.60. The minimum atomic E-state index is -0.970. The normalized spacial score (nSPS) is 13.7. The average Bonchev–Trinajstić information content (AvgIpc) is 2.38. The van der Waals surface area contributed by atoms with Crippen LogP contribution in [0.25, 0.3) is 0 Å². The summed E-state index contributed by atoms with van der Waals surface area (Å²) in [5.74, 6) is -0.250. The number of Topliss-reactive ketones (excluding diaryl/α,β-unsaturated/α-hetero) is 1. The van der Waals surface area contributed by atoms with Gasteiger partial charge in [-0.1, -0.05) is 40.2 Å². The lowest BCUT2D eigenvalue weighted by atomic mass is 10.00. The fraction of sp³-hybridized carbons (Fsp3) is 0.385. The molecule has 0 aromatic heterocycles. The van der Waals surface area contributed by atoms with E-state index in [0.717, 1.165) is 0 Å². The van der Waals surface area contributed by atoms with Gasteiger partial charge in [0.1, 0.15) is 6.10 Å². The van der Waals surface area contributed by atoms with Crippen molar-refractivity contribution in [1.82, 2.24) is 0 Å². The van der Waals surface area contributed by atoms with Gasteiger partial charge in [0, 0.05) is 10.9 Å². The van der Waals surface area contributed by atoms with Gasteiger partial charge in [-0.05, 0) is 12.0 Å². The van der Waals surface area contributed by atoms with Gasteiger partial charge in [0.25, 0.3) is 0 Å². The number of nitriles is 1. The molecule has 2 N–H and O–H groups in total. The second-order valence-electron chi connectivity index (χ2n) is 3.87. The first-order valence-corrected chi connectivity index (χ1v) is 6.64. The van der Waals surface area contributed by atoms with Crippen LogP contribution in [0.5, 0.6) is 0 Å². The van der Waals surface area contributed by atoms with Crippen molar-refractivity contribution in [3.05, 3.63) is 35.4 Å². The minimum absolute atomic E-state index is 0.159. The van der Waals surface area contributed by atoms with Gasteiger partial charge in [-0.25, -0.2) is 0 Å². The van der Waals surface area contributed by atoms with Gasteiger partial charge < -0.3 is 10.2 Å². The smallest absolute Gasteiger partial charge is 0.176 e. The predicted octanol–water partition coefficient (Wildman–Crippen LogP) is 1.96. The summed E-state index contributed by atoms with van der Waals surface area (Å²) in [5.41, 5.74) is 0.986. The highest BCUT2D eigenvalue weighted by Crippen LogP contribution is 2.20. The summed E-state index contributed by atoms with van der Waals surface area (Å²) in [6.45, 7) is 0. The Labute approximate surface area is 114 Å². The van der Waals surface area contributed by atoms with E-state index in [2.05, 4.69) is 15.9 Å². The first kappa shape index (κ1) is 14.8. The van der Waals surface area contributed by atoms with E-state index in [1.165, 1.54) is 0 Å². The molecule has 0 radical (unpaired) electrons. The molecule has 0 bridgehead atoms. The van der Waals surface area contributed by atoms with Crippen molar-refractivity contribution in [2.45, 2.75) is 25.0 Å². The number of nitrogens with zero attached hydrogens (tertiary/aromatic N) is 1. The minimum Gasteiger partial charge on any atom is -0.390 e. The largest absolute Gasteiger partial charge is 0.390 e. The molecule has 2 atom stereocenters. The SMILES string of the molecule is N#CCC(=O)c1ccc(C(O)C(O)CCBr)cc1. The van der Waals surface area contributed by atoms with Crippen LogP contribution in [0.15, 0.2) is 24.3 Å². The number of aliphatic hydroxyl groups excluding tert-OH is 2. The van der Waals surface area contributed by atoms with Crippen molar-refractivity contribution in [1.29, 1.82) is 5.26 Å². The summed E-state index contributed by atoms with van der Waals surface area (Å²) in [6.07, 6.45) is -1.53. The number of carbonyl (C=O) groups is 1. The van der Waals surface area contributed by atoms with E-state index in [9.17, 15) is 15.0 Å². The zero-order valence-electron chi connectivity index (χ0n) is 9.71. The van der Waals surface area contributed by atoms with Gasteiger partial charge >= 0.3 is 0 Å². The van der Waals surface area contributed by atoms with Crippen LogP contribution in [0.3, 0.4) is 0 Å². The van der Waals surface area contributed by atoms with E-state index >= 15 is 0 Å². The standard InChI is InChI=1S/C13H14BrNO3/c14-7-5-12(17)13(18)10-3-1-9(2-4-10)11(16)6-8-15/h1-4,12-13,17-18H,5-7H2. The Kier molecular flexibility index (Phi) is 5.99. The predicted molar refractivity (Wildman–Crippen MR) is 70.4 cm³/mol. The first-order valence-electron chi connectivity index (χ1n) is 5.52. The third-order valence-electron chi connectivity index (χ3n) is 2.58. The molecule has 18 heavy (non-hydrogen) atoms. The van der Waals surface area contributed by atoms with Gasteiger partial charge in [-0.15, -0.1) is 0 Å². The number of hydrogen-bond donors (Lipinski definition) is 2. The van der Waals surface area contributed by atoms with Crippen LogP contribution in [-0.4, -0.2) is 27.4 Å². The fourth-order valence-electron chi connectivity index (χ4n) is 1.53. The average molecular weight is 312 g/mol. The Morgan fingerprint density at radius 3 is 2.44 bits per heavy atom. The maximum Gasteiger partial charge on any atom is 0.176 e. The molecule has 4 nitrogen and oxygen atoms in total. The molecule has 0 heterocycles. The molecule has 96 valence electrons. The highest BCUT2D eigenvalue weighted by Gasteiger charge is 2.17. The van der Waals surface area contributed by atoms with E-state index in [0.29, 0.717) is 22.9 Å². The van der Waals surface area contributed by atoms with Crippen LogP contribution in [0.4, 0.5) is 0 Å². The number of ketones is 1. The molecule has 1 rings (SSSR count). The van der Waals surface area contributed by atoms with Crippen LogP contribution >= 0.6 is 15.9 Å². The summed E-state index contributed by atoms with van der Waals surface area (Å²) < 4.78 is 0. The highest BCUT2D eigenvalue weighted by molar-refractivity contribution is 9.09. The summed E-state index contributed by atoms with van der Waals surface area (Å²) in [7, 11) is 0.